The van der Waals surface area contributed by atoms with Gasteiger partial charge in [0.1, 0.15) is 5.75 Å². The lowest BCUT2D eigenvalue weighted by Crippen LogP contribution is -2.13. The van der Waals surface area contributed by atoms with Gasteiger partial charge in [-0.2, -0.15) is 0 Å². The van der Waals surface area contributed by atoms with Crippen molar-refractivity contribution in [1.82, 2.24) is 0 Å². The summed E-state index contributed by atoms with van der Waals surface area (Å²) >= 11 is 12.0. The predicted octanol–water partition coefficient (Wildman–Crippen LogP) is 4.15. The van der Waals surface area contributed by atoms with E-state index in [4.69, 9.17) is 27.9 Å². The molecule has 106 valence electrons. The Kier molecular flexibility index (Phi) is 5.12. The Bertz CT molecular complexity index is 590. The molecule has 0 saturated carbocycles. The maximum absolute atomic E-state index is 10.2. The third-order valence-corrected chi connectivity index (χ3v) is 3.49. The number of anilines is 1. The number of hydrogen-bond donors (Lipinski definition) is 2. The number of benzene rings is 2. The highest BCUT2D eigenvalue weighted by Gasteiger charge is 2.12. The van der Waals surface area contributed by atoms with Crippen molar-refractivity contribution in [3.05, 3.63) is 58.1 Å². The lowest BCUT2D eigenvalue weighted by atomic mass is 10.1. The molecule has 1 atom stereocenters. The van der Waals surface area contributed by atoms with Crippen LogP contribution in [0.25, 0.3) is 0 Å². The number of ether oxygens (including phenoxy) is 1. The molecule has 0 saturated heterocycles. The first-order valence-corrected chi connectivity index (χ1v) is 6.87. The normalized spacial score (nSPS) is 12.0. The minimum Gasteiger partial charge on any atom is -0.495 e. The molecule has 0 aliphatic rings. The van der Waals surface area contributed by atoms with Gasteiger partial charge < -0.3 is 15.2 Å². The van der Waals surface area contributed by atoms with Crippen molar-refractivity contribution < 1.29 is 9.84 Å². The molecule has 0 amide bonds. The number of nitrogens with one attached hydrogen (secondary N) is 1. The molecule has 0 heterocycles. The van der Waals surface area contributed by atoms with E-state index >= 15 is 0 Å². The highest BCUT2D eigenvalue weighted by atomic mass is 35.5. The predicted molar refractivity (Wildman–Crippen MR) is 82.9 cm³/mol. The van der Waals surface area contributed by atoms with E-state index < -0.39 is 6.10 Å². The van der Waals surface area contributed by atoms with Crippen LogP contribution in [-0.2, 0) is 0 Å². The van der Waals surface area contributed by atoms with Crippen LogP contribution in [0.3, 0.4) is 0 Å². The van der Waals surface area contributed by atoms with E-state index in [9.17, 15) is 5.11 Å². The van der Waals surface area contributed by atoms with Crippen LogP contribution in [0.1, 0.15) is 11.7 Å². The van der Waals surface area contributed by atoms with Gasteiger partial charge in [-0.05, 0) is 24.3 Å². The van der Waals surface area contributed by atoms with Crippen molar-refractivity contribution >= 4 is 28.9 Å². The van der Waals surface area contributed by atoms with Gasteiger partial charge in [-0.3, -0.25) is 0 Å². The largest absolute Gasteiger partial charge is 0.495 e. The van der Waals surface area contributed by atoms with E-state index in [1.165, 1.54) is 0 Å². The highest BCUT2D eigenvalue weighted by Crippen LogP contribution is 2.29. The molecular weight excluding hydrogens is 297 g/mol. The van der Waals surface area contributed by atoms with Gasteiger partial charge in [-0.1, -0.05) is 41.4 Å². The van der Waals surface area contributed by atoms with Gasteiger partial charge >= 0.3 is 0 Å². The Labute approximate surface area is 128 Å². The van der Waals surface area contributed by atoms with E-state index in [0.717, 1.165) is 5.69 Å². The average molecular weight is 312 g/mol. The lowest BCUT2D eigenvalue weighted by molar-refractivity contribution is 0.191. The zero-order valence-corrected chi connectivity index (χ0v) is 12.4. The topological polar surface area (TPSA) is 41.5 Å². The number of halogens is 2. The second-order valence-corrected chi connectivity index (χ2v) is 5.11. The molecule has 2 rings (SSSR count). The van der Waals surface area contributed by atoms with Gasteiger partial charge in [-0.25, -0.2) is 0 Å². The van der Waals surface area contributed by atoms with E-state index in [-0.39, 0.29) is 0 Å². The molecule has 20 heavy (non-hydrogen) atoms. The van der Waals surface area contributed by atoms with Gasteiger partial charge in [0.25, 0.3) is 0 Å². The molecule has 0 radical (unpaired) electrons. The van der Waals surface area contributed by atoms with Crippen molar-refractivity contribution in [3.63, 3.8) is 0 Å². The van der Waals surface area contributed by atoms with Crippen LogP contribution in [0.4, 0.5) is 5.69 Å². The average Bonchev–Trinajstić information content (AvgIpc) is 2.45. The monoisotopic (exact) mass is 311 g/mol. The fourth-order valence-electron chi connectivity index (χ4n) is 1.88. The minimum atomic E-state index is -0.715. The van der Waals surface area contributed by atoms with Crippen molar-refractivity contribution in [2.75, 3.05) is 19.0 Å². The van der Waals surface area contributed by atoms with Crippen LogP contribution in [0, 0.1) is 0 Å². The van der Waals surface area contributed by atoms with Crippen molar-refractivity contribution in [2.24, 2.45) is 0 Å². The SMILES string of the molecule is COc1ccc(Cl)cc1NCC(O)c1ccccc1Cl. The summed E-state index contributed by atoms with van der Waals surface area (Å²) in [5.74, 6) is 0.667. The molecule has 1 unspecified atom stereocenters. The molecule has 0 bridgehead atoms. The Hall–Kier alpha value is -1.42. The van der Waals surface area contributed by atoms with Crippen LogP contribution in [0.5, 0.6) is 5.75 Å². The van der Waals surface area contributed by atoms with Gasteiger partial charge in [-0.15, -0.1) is 0 Å². The first-order chi connectivity index (χ1) is 9.61. The first-order valence-electron chi connectivity index (χ1n) is 6.11. The van der Waals surface area contributed by atoms with E-state index in [1.807, 2.05) is 12.1 Å². The van der Waals surface area contributed by atoms with Gasteiger partial charge in [0.05, 0.1) is 18.9 Å². The minimum absolute atomic E-state index is 0.306. The number of aliphatic hydroxyl groups is 1. The lowest BCUT2D eigenvalue weighted by Gasteiger charge is -2.16. The van der Waals surface area contributed by atoms with E-state index in [2.05, 4.69) is 5.32 Å². The fourth-order valence-corrected chi connectivity index (χ4v) is 2.31. The van der Waals surface area contributed by atoms with E-state index in [0.29, 0.717) is 27.9 Å². The van der Waals surface area contributed by atoms with Crippen molar-refractivity contribution in [1.29, 1.82) is 0 Å². The summed E-state index contributed by atoms with van der Waals surface area (Å²) in [5, 5.41) is 14.4. The molecule has 3 nitrogen and oxygen atoms in total. The number of aliphatic hydroxyl groups excluding tert-OH is 1. The summed E-state index contributed by atoms with van der Waals surface area (Å²) in [6.07, 6.45) is -0.715. The summed E-state index contributed by atoms with van der Waals surface area (Å²) in [5.41, 5.74) is 1.41. The van der Waals surface area contributed by atoms with Crippen LogP contribution >= 0.6 is 23.2 Å². The highest BCUT2D eigenvalue weighted by molar-refractivity contribution is 6.31. The Morgan fingerprint density at radius 2 is 1.95 bits per heavy atom. The summed E-state index contributed by atoms with van der Waals surface area (Å²) in [6, 6.07) is 12.5. The Morgan fingerprint density at radius 3 is 2.65 bits per heavy atom. The third-order valence-electron chi connectivity index (χ3n) is 2.91. The van der Waals surface area contributed by atoms with Gasteiger partial charge in [0, 0.05) is 22.2 Å². The van der Waals surface area contributed by atoms with Gasteiger partial charge in [0.15, 0.2) is 0 Å². The van der Waals surface area contributed by atoms with Crippen molar-refractivity contribution in [3.8, 4) is 5.75 Å². The zero-order chi connectivity index (χ0) is 14.5. The first kappa shape index (κ1) is 15.0. The molecule has 0 spiro atoms. The standard InChI is InChI=1S/C15H15Cl2NO2/c1-20-15-7-6-10(16)8-13(15)18-9-14(19)11-4-2-3-5-12(11)17/h2-8,14,18-19H,9H2,1H3. The quantitative estimate of drug-likeness (QED) is 0.871. The molecule has 0 fully saturated rings. The van der Waals surface area contributed by atoms with Crippen LogP contribution < -0.4 is 10.1 Å². The second-order valence-electron chi connectivity index (χ2n) is 4.26. The Balaban J connectivity index is 2.09. The summed E-state index contributed by atoms with van der Waals surface area (Å²) in [7, 11) is 1.58. The van der Waals surface area contributed by atoms with Crippen LogP contribution in [-0.4, -0.2) is 18.8 Å². The van der Waals surface area contributed by atoms with Gasteiger partial charge in [0.2, 0.25) is 0 Å². The molecule has 5 heteroatoms. The number of rotatable bonds is 5. The number of methoxy groups -OCH3 is 1. The Morgan fingerprint density at radius 1 is 1.20 bits per heavy atom. The van der Waals surface area contributed by atoms with E-state index in [1.54, 1.807) is 37.4 Å². The molecule has 0 aromatic heterocycles. The molecule has 0 aliphatic carbocycles. The fraction of sp³-hybridized carbons (Fsp3) is 0.200. The molecule has 2 N–H and O–H groups in total. The molecule has 2 aromatic rings. The molecule has 0 aliphatic heterocycles. The summed E-state index contributed by atoms with van der Waals surface area (Å²) in [4.78, 5) is 0. The number of hydrogen-bond acceptors (Lipinski definition) is 3. The third kappa shape index (κ3) is 3.57. The van der Waals surface area contributed by atoms with Crippen LogP contribution in [0.2, 0.25) is 10.0 Å². The summed E-state index contributed by atoms with van der Waals surface area (Å²) in [6.45, 7) is 0.306. The zero-order valence-electron chi connectivity index (χ0n) is 10.9. The van der Waals surface area contributed by atoms with Crippen LogP contribution in [0.15, 0.2) is 42.5 Å². The second kappa shape index (κ2) is 6.84. The smallest absolute Gasteiger partial charge is 0.142 e. The molecular formula is C15H15Cl2NO2. The maximum atomic E-state index is 10.2. The van der Waals surface area contributed by atoms with Crippen molar-refractivity contribution in [2.45, 2.75) is 6.10 Å². The maximum Gasteiger partial charge on any atom is 0.142 e. The molecule has 2 aromatic carbocycles. The summed E-state index contributed by atoms with van der Waals surface area (Å²) < 4.78 is 5.23.